The van der Waals surface area contributed by atoms with Crippen LogP contribution in [0.2, 0.25) is 0 Å². The minimum absolute atomic E-state index is 0.381. The summed E-state index contributed by atoms with van der Waals surface area (Å²) in [6, 6.07) is 17.7. The van der Waals surface area contributed by atoms with Crippen molar-refractivity contribution >= 4 is 7.60 Å². The monoisotopic (exact) mass is 373 g/mol. The molecule has 8 nitrogen and oxygen atoms in total. The summed E-state index contributed by atoms with van der Waals surface area (Å²) in [7, 11) is -2.55. The van der Waals surface area contributed by atoms with Crippen LogP contribution in [0.3, 0.4) is 0 Å². The molecule has 0 saturated heterocycles. The molecule has 0 aliphatic carbocycles. The number of likely N-dealkylation sites (N-methyl/N-ethyl adjacent to an activating group) is 1. The Kier molecular flexibility index (Phi) is 5.58. The molecule has 0 bridgehead atoms. The van der Waals surface area contributed by atoms with Gasteiger partial charge in [-0.1, -0.05) is 59.8 Å². The molecule has 0 unspecified atom stereocenters. The van der Waals surface area contributed by atoms with E-state index in [2.05, 4.69) is 20.6 Å². The van der Waals surface area contributed by atoms with E-state index in [1.54, 1.807) is 11.9 Å². The van der Waals surface area contributed by atoms with Gasteiger partial charge in [0.05, 0.1) is 6.04 Å². The fourth-order valence-electron chi connectivity index (χ4n) is 2.83. The highest BCUT2D eigenvalue weighted by molar-refractivity contribution is 7.51. The van der Waals surface area contributed by atoms with Crippen molar-refractivity contribution < 1.29 is 14.4 Å². The third kappa shape index (κ3) is 4.83. The van der Waals surface area contributed by atoms with Crippen LogP contribution in [0.5, 0.6) is 0 Å². The molecular formula is C17H20N5O3P. The standard InChI is InChI=1S/C17H20N5O3P/c1-22(12-26(23,24)25)16(17-18-20-21-19-17)11-13-7-9-15(10-8-13)14-5-3-2-4-6-14/h2-10,16H,11-12H2,1H3,(H2,23,24,25)(H,18,19,20,21)/t16-/m0/s1. The van der Waals surface area contributed by atoms with E-state index >= 15 is 0 Å². The maximum Gasteiger partial charge on any atom is 0.339 e. The molecule has 0 saturated carbocycles. The van der Waals surface area contributed by atoms with E-state index in [1.807, 2.05) is 54.6 Å². The Bertz CT molecular complexity index is 865. The lowest BCUT2D eigenvalue weighted by Gasteiger charge is -2.25. The van der Waals surface area contributed by atoms with Gasteiger partial charge in [-0.05, 0) is 30.2 Å². The van der Waals surface area contributed by atoms with Crippen molar-refractivity contribution in [3.05, 3.63) is 66.0 Å². The summed E-state index contributed by atoms with van der Waals surface area (Å²) in [6.45, 7) is 0. The molecule has 26 heavy (non-hydrogen) atoms. The topological polar surface area (TPSA) is 115 Å². The first-order valence-electron chi connectivity index (χ1n) is 8.05. The Hall–Kier alpha value is -2.38. The van der Waals surface area contributed by atoms with E-state index in [-0.39, 0.29) is 6.29 Å². The minimum Gasteiger partial charge on any atom is -0.324 e. The predicted octanol–water partition coefficient (Wildman–Crippen LogP) is 2.22. The molecule has 0 amide bonds. The second-order valence-corrected chi connectivity index (χ2v) is 7.73. The largest absolute Gasteiger partial charge is 0.339 e. The van der Waals surface area contributed by atoms with Crippen LogP contribution in [0.15, 0.2) is 54.6 Å². The van der Waals surface area contributed by atoms with Crippen LogP contribution < -0.4 is 0 Å². The summed E-state index contributed by atoms with van der Waals surface area (Å²) >= 11 is 0. The Labute approximate surface area is 151 Å². The maximum atomic E-state index is 11.4. The first-order chi connectivity index (χ1) is 12.4. The molecule has 3 rings (SSSR count). The van der Waals surface area contributed by atoms with E-state index in [0.29, 0.717) is 12.2 Å². The van der Waals surface area contributed by atoms with Crippen LogP contribution >= 0.6 is 7.60 Å². The van der Waals surface area contributed by atoms with Gasteiger partial charge in [-0.15, -0.1) is 10.2 Å². The molecule has 2 aromatic carbocycles. The molecule has 136 valence electrons. The second kappa shape index (κ2) is 7.88. The lowest BCUT2D eigenvalue weighted by atomic mass is 10.00. The van der Waals surface area contributed by atoms with Crippen LogP contribution in [0.4, 0.5) is 0 Å². The van der Waals surface area contributed by atoms with Gasteiger partial charge in [0.25, 0.3) is 0 Å². The van der Waals surface area contributed by atoms with Gasteiger partial charge in [-0.3, -0.25) is 9.46 Å². The van der Waals surface area contributed by atoms with Crippen LogP contribution in [-0.4, -0.2) is 48.6 Å². The molecule has 0 fully saturated rings. The fourth-order valence-corrected chi connectivity index (χ4v) is 3.61. The average Bonchev–Trinajstić information content (AvgIpc) is 3.13. The zero-order chi connectivity index (χ0) is 18.6. The van der Waals surface area contributed by atoms with E-state index in [4.69, 9.17) is 0 Å². The summed E-state index contributed by atoms with van der Waals surface area (Å²) < 4.78 is 11.4. The number of aromatic nitrogens is 4. The third-order valence-electron chi connectivity index (χ3n) is 4.09. The summed E-state index contributed by atoms with van der Waals surface area (Å²) in [5.74, 6) is 0.396. The average molecular weight is 373 g/mol. The number of hydrogen-bond donors (Lipinski definition) is 3. The SMILES string of the molecule is CN(CP(=O)(O)O)[C@@H](Cc1ccc(-c2ccccc2)cc1)c1nn[nH]n1. The van der Waals surface area contributed by atoms with Crippen molar-refractivity contribution in [1.29, 1.82) is 0 Å². The van der Waals surface area contributed by atoms with Crippen LogP contribution in [0.1, 0.15) is 17.4 Å². The second-order valence-electron chi connectivity index (χ2n) is 6.12. The van der Waals surface area contributed by atoms with Crippen LogP contribution in [0, 0.1) is 0 Å². The molecule has 0 aliphatic heterocycles. The van der Waals surface area contributed by atoms with Crippen molar-refractivity contribution in [2.24, 2.45) is 0 Å². The first kappa shape index (κ1) is 18.4. The van der Waals surface area contributed by atoms with Crippen LogP contribution in [-0.2, 0) is 11.0 Å². The molecule has 1 heterocycles. The van der Waals surface area contributed by atoms with E-state index in [9.17, 15) is 14.4 Å². The Morgan fingerprint density at radius 3 is 2.31 bits per heavy atom. The van der Waals surface area contributed by atoms with Crippen molar-refractivity contribution in [3.63, 3.8) is 0 Å². The number of H-pyrrole nitrogens is 1. The summed E-state index contributed by atoms with van der Waals surface area (Å²) in [5, 5.41) is 13.9. The Morgan fingerprint density at radius 2 is 1.73 bits per heavy atom. The molecule has 1 atom stereocenters. The molecule has 9 heteroatoms. The van der Waals surface area contributed by atoms with Crippen molar-refractivity contribution in [1.82, 2.24) is 25.5 Å². The lowest BCUT2D eigenvalue weighted by molar-refractivity contribution is 0.243. The lowest BCUT2D eigenvalue weighted by Crippen LogP contribution is -2.28. The van der Waals surface area contributed by atoms with Crippen molar-refractivity contribution in [2.75, 3.05) is 13.3 Å². The Morgan fingerprint density at radius 1 is 1.08 bits per heavy atom. The van der Waals surface area contributed by atoms with Gasteiger partial charge in [0.15, 0.2) is 5.82 Å². The highest BCUT2D eigenvalue weighted by Gasteiger charge is 2.27. The van der Waals surface area contributed by atoms with E-state index in [1.165, 1.54) is 0 Å². The van der Waals surface area contributed by atoms with Gasteiger partial charge >= 0.3 is 7.60 Å². The number of rotatable bonds is 7. The van der Waals surface area contributed by atoms with E-state index in [0.717, 1.165) is 16.7 Å². The van der Waals surface area contributed by atoms with Gasteiger partial charge in [0.1, 0.15) is 6.29 Å². The highest BCUT2D eigenvalue weighted by atomic mass is 31.2. The van der Waals surface area contributed by atoms with Crippen molar-refractivity contribution in [3.8, 4) is 11.1 Å². The first-order valence-corrected chi connectivity index (χ1v) is 9.85. The van der Waals surface area contributed by atoms with Gasteiger partial charge in [0, 0.05) is 0 Å². The zero-order valence-electron chi connectivity index (χ0n) is 14.2. The number of tetrazole rings is 1. The van der Waals surface area contributed by atoms with Gasteiger partial charge in [0.2, 0.25) is 0 Å². The summed E-state index contributed by atoms with van der Waals surface area (Å²) in [6.07, 6.45) is 0.124. The number of benzene rings is 2. The van der Waals surface area contributed by atoms with E-state index < -0.39 is 13.6 Å². The molecular weight excluding hydrogens is 353 g/mol. The summed E-state index contributed by atoms with van der Waals surface area (Å²) in [5.41, 5.74) is 3.25. The number of aromatic amines is 1. The normalized spacial score (nSPS) is 13.1. The van der Waals surface area contributed by atoms with Gasteiger partial charge < -0.3 is 9.79 Å². The molecule has 0 spiro atoms. The minimum atomic E-state index is -4.19. The van der Waals surface area contributed by atoms with Crippen LogP contribution in [0.25, 0.3) is 11.1 Å². The van der Waals surface area contributed by atoms with Gasteiger partial charge in [-0.2, -0.15) is 5.21 Å². The predicted molar refractivity (Wildman–Crippen MR) is 97.2 cm³/mol. The quantitative estimate of drug-likeness (QED) is 0.544. The van der Waals surface area contributed by atoms with Crippen molar-refractivity contribution in [2.45, 2.75) is 12.5 Å². The number of hydrogen-bond acceptors (Lipinski definition) is 5. The fraction of sp³-hybridized carbons (Fsp3) is 0.235. The molecule has 0 radical (unpaired) electrons. The Balaban J connectivity index is 1.79. The molecule has 3 N–H and O–H groups in total. The maximum absolute atomic E-state index is 11.4. The highest BCUT2D eigenvalue weighted by Crippen LogP contribution is 2.37. The molecule has 3 aromatic rings. The number of nitrogens with one attached hydrogen (secondary N) is 1. The smallest absolute Gasteiger partial charge is 0.324 e. The van der Waals surface area contributed by atoms with Gasteiger partial charge in [-0.25, -0.2) is 0 Å². The summed E-state index contributed by atoms with van der Waals surface area (Å²) in [4.78, 5) is 20.1. The molecule has 0 aliphatic rings. The third-order valence-corrected chi connectivity index (χ3v) is 4.90. The number of nitrogens with zero attached hydrogens (tertiary/aromatic N) is 4. The molecule has 1 aromatic heterocycles. The zero-order valence-corrected chi connectivity index (χ0v) is 15.1.